The molecule has 4 rings (SSSR count). The first-order valence-electron chi connectivity index (χ1n) is 12.7. The number of aryl methyl sites for hydroxylation is 2. The molecule has 12 heteroatoms. The first-order chi connectivity index (χ1) is 17.9. The average Bonchev–Trinajstić information content (AvgIpc) is 3.36. The predicted molar refractivity (Wildman–Crippen MR) is 136 cm³/mol. The molecule has 0 aliphatic carbocycles. The Morgan fingerprint density at radius 1 is 1.16 bits per heavy atom. The van der Waals surface area contributed by atoms with Crippen molar-refractivity contribution in [2.45, 2.75) is 76.7 Å². The molecule has 1 aromatic carbocycles. The Kier molecular flexibility index (Phi) is 7.63. The number of imidazole rings is 1. The molecule has 0 saturated carbocycles. The molecule has 2 aliphatic rings. The fraction of sp³-hybridized carbons (Fsp3) is 0.577. The van der Waals surface area contributed by atoms with Gasteiger partial charge >= 0.3 is 17.8 Å². The maximum atomic E-state index is 12.9. The van der Waals surface area contributed by atoms with Crippen molar-refractivity contribution < 1.29 is 33.8 Å². The zero-order chi connectivity index (χ0) is 27.8. The monoisotopic (exact) mass is 530 g/mol. The van der Waals surface area contributed by atoms with Gasteiger partial charge in [-0.05, 0) is 57.7 Å². The van der Waals surface area contributed by atoms with E-state index in [4.69, 9.17) is 9.47 Å². The Morgan fingerprint density at radius 3 is 2.55 bits per heavy atom. The summed E-state index contributed by atoms with van der Waals surface area (Å²) in [6.45, 7) is 5.69. The number of fused-ring (bicyclic) bond motifs is 1. The minimum Gasteiger partial charge on any atom is -0.480 e. The number of hydrogen-bond donors (Lipinski definition) is 2. The molecule has 12 nitrogen and oxygen atoms in total. The molecule has 3 heterocycles. The normalized spacial score (nSPS) is 22.1. The molecule has 0 spiro atoms. The lowest BCUT2D eigenvalue weighted by molar-refractivity contribution is -0.142. The van der Waals surface area contributed by atoms with E-state index in [1.54, 1.807) is 27.8 Å². The van der Waals surface area contributed by atoms with E-state index in [0.29, 0.717) is 30.5 Å². The third-order valence-electron chi connectivity index (χ3n) is 6.81. The highest BCUT2D eigenvalue weighted by molar-refractivity contribution is 6.00. The summed E-state index contributed by atoms with van der Waals surface area (Å²) in [5.41, 5.74) is 1.24. The van der Waals surface area contributed by atoms with Gasteiger partial charge in [-0.2, -0.15) is 0 Å². The lowest BCUT2D eigenvalue weighted by Crippen LogP contribution is -2.44. The highest BCUT2D eigenvalue weighted by atomic mass is 16.6. The lowest BCUT2D eigenvalue weighted by atomic mass is 10.1. The van der Waals surface area contributed by atoms with Gasteiger partial charge in [0.15, 0.2) is 0 Å². The molecule has 206 valence electrons. The number of carboxylic acid groups (broad SMARTS) is 1. The fourth-order valence-electron chi connectivity index (χ4n) is 5.00. The number of carbonyl (C=O) groups is 4. The summed E-state index contributed by atoms with van der Waals surface area (Å²) in [5.74, 6) is -1.90. The molecular formula is C26H34N4O8. The number of hydrogen-bond acceptors (Lipinski definition) is 7. The number of carboxylic acids is 1. The van der Waals surface area contributed by atoms with Crippen molar-refractivity contribution in [3.63, 3.8) is 0 Å². The first-order valence-corrected chi connectivity index (χ1v) is 12.7. The van der Waals surface area contributed by atoms with Crippen molar-refractivity contribution in [1.82, 2.24) is 19.4 Å². The van der Waals surface area contributed by atoms with Crippen LogP contribution in [0.15, 0.2) is 23.0 Å². The van der Waals surface area contributed by atoms with Crippen LogP contribution in [0, 0.1) is 0 Å². The van der Waals surface area contributed by atoms with Gasteiger partial charge in [0.1, 0.15) is 17.7 Å². The Balaban J connectivity index is 1.36. The van der Waals surface area contributed by atoms with Gasteiger partial charge in [0.05, 0.1) is 23.7 Å². The largest absolute Gasteiger partial charge is 0.480 e. The maximum Gasteiger partial charge on any atom is 0.411 e. The Bertz CT molecular complexity index is 1320. The molecule has 2 aromatic rings. The second kappa shape index (κ2) is 10.6. The van der Waals surface area contributed by atoms with Gasteiger partial charge in [-0.25, -0.2) is 14.4 Å². The van der Waals surface area contributed by atoms with E-state index in [1.165, 1.54) is 14.0 Å². The van der Waals surface area contributed by atoms with Gasteiger partial charge in [-0.1, -0.05) is 6.07 Å². The Hall–Kier alpha value is -3.67. The lowest BCUT2D eigenvalue weighted by Gasteiger charge is -2.26. The molecule has 2 aliphatic heterocycles. The van der Waals surface area contributed by atoms with Crippen molar-refractivity contribution in [1.29, 1.82) is 0 Å². The topological polar surface area (TPSA) is 149 Å². The molecule has 3 atom stereocenters. The van der Waals surface area contributed by atoms with Gasteiger partial charge in [0.25, 0.3) is 0 Å². The number of nitrogens with one attached hydrogen (secondary N) is 1. The van der Waals surface area contributed by atoms with Crippen LogP contribution in [0.25, 0.3) is 11.0 Å². The van der Waals surface area contributed by atoms with Crippen LogP contribution >= 0.6 is 0 Å². The van der Waals surface area contributed by atoms with E-state index in [0.717, 1.165) is 5.56 Å². The van der Waals surface area contributed by atoms with Crippen LogP contribution in [0.1, 0.15) is 58.1 Å². The summed E-state index contributed by atoms with van der Waals surface area (Å²) in [5, 5.41) is 11.8. The van der Waals surface area contributed by atoms with Gasteiger partial charge in [-0.3, -0.25) is 28.9 Å². The van der Waals surface area contributed by atoms with Crippen LogP contribution in [-0.4, -0.2) is 73.9 Å². The highest BCUT2D eigenvalue weighted by Crippen LogP contribution is 2.25. The van der Waals surface area contributed by atoms with E-state index in [9.17, 15) is 29.1 Å². The van der Waals surface area contributed by atoms with E-state index in [-0.39, 0.29) is 37.4 Å². The maximum absolute atomic E-state index is 12.9. The van der Waals surface area contributed by atoms with Crippen LogP contribution in [0.3, 0.4) is 0 Å². The average molecular weight is 531 g/mol. The van der Waals surface area contributed by atoms with E-state index in [2.05, 4.69) is 5.32 Å². The van der Waals surface area contributed by atoms with Crippen molar-refractivity contribution in [3.05, 3.63) is 34.2 Å². The quantitative estimate of drug-likeness (QED) is 0.406. The predicted octanol–water partition coefficient (Wildman–Crippen LogP) is 1.73. The first kappa shape index (κ1) is 27.4. The summed E-state index contributed by atoms with van der Waals surface area (Å²) in [6, 6.07) is 3.88. The SMILES string of the molecule is Cn1c(=O)n(C2CCC(=O)NC2=O)c2ccc(CCCO[C@@H]3C[C@@H](C(=O)O)N(C(=O)OC(C)(C)C)C3)cc21. The molecule has 0 radical (unpaired) electrons. The minimum atomic E-state index is -1.09. The molecule has 0 bridgehead atoms. The summed E-state index contributed by atoms with van der Waals surface area (Å²) < 4.78 is 14.2. The Morgan fingerprint density at radius 2 is 1.89 bits per heavy atom. The second-order valence-corrected chi connectivity index (χ2v) is 10.8. The van der Waals surface area contributed by atoms with Crippen LogP contribution in [-0.2, 0) is 37.3 Å². The Labute approximate surface area is 219 Å². The molecule has 2 N–H and O–H groups in total. The second-order valence-electron chi connectivity index (χ2n) is 10.8. The smallest absolute Gasteiger partial charge is 0.411 e. The van der Waals surface area contributed by atoms with Crippen LogP contribution in [0.2, 0.25) is 0 Å². The number of rotatable bonds is 7. The highest BCUT2D eigenvalue weighted by Gasteiger charge is 2.42. The number of nitrogens with zero attached hydrogens (tertiary/aromatic N) is 3. The molecule has 38 heavy (non-hydrogen) atoms. The van der Waals surface area contributed by atoms with Gasteiger partial charge in [0.2, 0.25) is 11.8 Å². The third kappa shape index (κ3) is 5.74. The number of aromatic nitrogens is 2. The number of aliphatic carboxylic acids is 1. The van der Waals surface area contributed by atoms with Crippen LogP contribution in [0.4, 0.5) is 4.79 Å². The van der Waals surface area contributed by atoms with Crippen molar-refractivity contribution in [2.24, 2.45) is 7.05 Å². The van der Waals surface area contributed by atoms with Crippen LogP contribution in [0.5, 0.6) is 0 Å². The molecule has 3 amide bonds. The number of amides is 3. The number of benzene rings is 1. The molecule has 2 saturated heterocycles. The standard InChI is InChI=1S/C26H34N4O8/c1-26(2,3)38-25(36)29-14-16(13-20(29)23(33)34)37-11-5-6-15-7-8-17-19(12-15)28(4)24(35)30(17)18-9-10-21(31)27-22(18)32/h7-8,12,16,18,20H,5-6,9-11,13-14H2,1-4H3,(H,33,34)(H,27,31,32)/t16-,18?,20+/m1/s1. The number of carbonyl (C=O) groups excluding carboxylic acids is 3. The zero-order valence-corrected chi connectivity index (χ0v) is 22.1. The van der Waals surface area contributed by atoms with E-state index in [1.807, 2.05) is 18.2 Å². The summed E-state index contributed by atoms with van der Waals surface area (Å²) in [6.07, 6.45) is 0.871. The van der Waals surface area contributed by atoms with E-state index < -0.39 is 41.8 Å². The fourth-order valence-corrected chi connectivity index (χ4v) is 5.00. The third-order valence-corrected chi connectivity index (χ3v) is 6.81. The molecule has 1 aromatic heterocycles. The number of likely N-dealkylation sites (tertiary alicyclic amines) is 1. The van der Waals surface area contributed by atoms with Crippen molar-refractivity contribution >= 4 is 34.9 Å². The minimum absolute atomic E-state index is 0.147. The molecule has 1 unspecified atom stereocenters. The molecular weight excluding hydrogens is 496 g/mol. The summed E-state index contributed by atoms with van der Waals surface area (Å²) >= 11 is 0. The zero-order valence-electron chi connectivity index (χ0n) is 22.1. The van der Waals surface area contributed by atoms with Crippen LogP contribution < -0.4 is 11.0 Å². The van der Waals surface area contributed by atoms with Gasteiger partial charge in [-0.15, -0.1) is 0 Å². The van der Waals surface area contributed by atoms with Gasteiger partial charge < -0.3 is 14.6 Å². The summed E-state index contributed by atoms with van der Waals surface area (Å²) in [7, 11) is 1.65. The van der Waals surface area contributed by atoms with Crippen molar-refractivity contribution in [2.75, 3.05) is 13.2 Å². The van der Waals surface area contributed by atoms with Crippen molar-refractivity contribution in [3.8, 4) is 0 Å². The molecule has 2 fully saturated rings. The number of imide groups is 1. The number of piperidine rings is 1. The number of ether oxygens (including phenoxy) is 2. The van der Waals surface area contributed by atoms with E-state index >= 15 is 0 Å². The summed E-state index contributed by atoms with van der Waals surface area (Å²) in [4.78, 5) is 62.1. The van der Waals surface area contributed by atoms with Gasteiger partial charge in [0, 0.05) is 26.5 Å².